The molecule has 0 radical (unpaired) electrons. The molecule has 3 atom stereocenters. The van der Waals surface area contributed by atoms with Gasteiger partial charge < -0.3 is 10.4 Å². The highest BCUT2D eigenvalue weighted by Gasteiger charge is 2.28. The summed E-state index contributed by atoms with van der Waals surface area (Å²) in [5.74, 6) is 1.65. The molecule has 0 aromatic heterocycles. The van der Waals surface area contributed by atoms with E-state index in [0.29, 0.717) is 24.6 Å². The lowest BCUT2D eigenvalue weighted by atomic mass is 9.84. The van der Waals surface area contributed by atoms with Gasteiger partial charge in [0.25, 0.3) is 0 Å². The third-order valence-corrected chi connectivity index (χ3v) is 5.64. The number of rotatable bonds is 3. The molecule has 1 fully saturated rings. The Kier molecular flexibility index (Phi) is 4.46. The molecule has 0 spiro atoms. The van der Waals surface area contributed by atoms with Crippen molar-refractivity contribution in [2.45, 2.75) is 49.1 Å². The first kappa shape index (κ1) is 13.5. The third kappa shape index (κ3) is 2.99. The predicted octanol–water partition coefficient (Wildman–Crippen LogP) is 3.36. The molecule has 0 saturated heterocycles. The first-order valence-corrected chi connectivity index (χ1v) is 8.45. The van der Waals surface area contributed by atoms with E-state index in [4.69, 9.17) is 0 Å². The Morgan fingerprint density at radius 2 is 2.00 bits per heavy atom. The maximum atomic E-state index is 9.54. The van der Waals surface area contributed by atoms with Crippen molar-refractivity contribution < 1.29 is 5.11 Å². The molecule has 1 aliphatic carbocycles. The van der Waals surface area contributed by atoms with Gasteiger partial charge in [-0.05, 0) is 42.6 Å². The Morgan fingerprint density at radius 3 is 2.89 bits per heavy atom. The van der Waals surface area contributed by atoms with Crippen LogP contribution < -0.4 is 5.32 Å². The average molecular weight is 277 g/mol. The lowest BCUT2D eigenvalue weighted by Crippen LogP contribution is -2.42. The van der Waals surface area contributed by atoms with Gasteiger partial charge in [-0.1, -0.05) is 31.0 Å². The fraction of sp³-hybridized carbons (Fsp3) is 0.625. The molecule has 2 N–H and O–H groups in total. The fourth-order valence-corrected chi connectivity index (χ4v) is 4.54. The lowest BCUT2D eigenvalue weighted by Gasteiger charge is -2.36. The van der Waals surface area contributed by atoms with Gasteiger partial charge in [-0.15, -0.1) is 11.8 Å². The van der Waals surface area contributed by atoms with E-state index in [9.17, 15) is 5.11 Å². The van der Waals surface area contributed by atoms with E-state index in [0.717, 1.165) is 0 Å². The fourth-order valence-electron chi connectivity index (χ4n) is 3.42. The second kappa shape index (κ2) is 6.29. The van der Waals surface area contributed by atoms with E-state index in [1.54, 1.807) is 0 Å². The summed E-state index contributed by atoms with van der Waals surface area (Å²) < 4.78 is 0. The van der Waals surface area contributed by atoms with Crippen molar-refractivity contribution in [1.29, 1.82) is 0 Å². The van der Waals surface area contributed by atoms with Gasteiger partial charge in [0.05, 0.1) is 0 Å². The molecule has 3 heteroatoms. The van der Waals surface area contributed by atoms with E-state index in [-0.39, 0.29) is 0 Å². The number of nitrogens with one attached hydrogen (secondary N) is 1. The molecular weight excluding hydrogens is 254 g/mol. The van der Waals surface area contributed by atoms with Crippen molar-refractivity contribution >= 4 is 11.8 Å². The van der Waals surface area contributed by atoms with Crippen LogP contribution in [0.2, 0.25) is 0 Å². The molecule has 1 aromatic rings. The molecule has 1 aliphatic heterocycles. The van der Waals surface area contributed by atoms with Crippen LogP contribution in [0.1, 0.15) is 43.7 Å². The zero-order valence-electron chi connectivity index (χ0n) is 11.3. The summed E-state index contributed by atoms with van der Waals surface area (Å²) in [6.45, 7) is 0.334. The first-order valence-electron chi connectivity index (χ1n) is 7.47. The molecule has 2 aliphatic rings. The molecule has 0 amide bonds. The quantitative estimate of drug-likeness (QED) is 0.888. The van der Waals surface area contributed by atoms with E-state index in [1.165, 1.54) is 48.3 Å². The minimum atomic E-state index is 0.334. The van der Waals surface area contributed by atoms with Gasteiger partial charge in [0.1, 0.15) is 0 Å². The predicted molar refractivity (Wildman–Crippen MR) is 80.5 cm³/mol. The van der Waals surface area contributed by atoms with Crippen LogP contribution >= 0.6 is 11.8 Å². The zero-order chi connectivity index (χ0) is 13.1. The highest BCUT2D eigenvalue weighted by Crippen LogP contribution is 2.37. The Hall–Kier alpha value is -0.510. The largest absolute Gasteiger partial charge is 0.396 e. The van der Waals surface area contributed by atoms with Gasteiger partial charge in [0.15, 0.2) is 0 Å². The summed E-state index contributed by atoms with van der Waals surface area (Å²) in [6.07, 6.45) is 6.18. The van der Waals surface area contributed by atoms with Crippen LogP contribution in [0.4, 0.5) is 0 Å². The third-order valence-electron chi connectivity index (χ3n) is 4.52. The normalized spacial score (nSPS) is 30.9. The molecule has 1 heterocycles. The minimum Gasteiger partial charge on any atom is -0.396 e. The van der Waals surface area contributed by atoms with E-state index >= 15 is 0 Å². The molecular formula is C16H23NOS. The van der Waals surface area contributed by atoms with Crippen LogP contribution in [-0.4, -0.2) is 23.5 Å². The van der Waals surface area contributed by atoms with Crippen molar-refractivity contribution in [3.63, 3.8) is 0 Å². The van der Waals surface area contributed by atoms with Crippen molar-refractivity contribution in [3.8, 4) is 0 Å². The van der Waals surface area contributed by atoms with Crippen molar-refractivity contribution in [2.24, 2.45) is 5.92 Å². The number of aliphatic hydroxyl groups excluding tert-OH is 1. The molecule has 104 valence electrons. The van der Waals surface area contributed by atoms with Gasteiger partial charge in [-0.3, -0.25) is 0 Å². The van der Waals surface area contributed by atoms with Gasteiger partial charge in [0.2, 0.25) is 0 Å². The Morgan fingerprint density at radius 1 is 1.16 bits per heavy atom. The molecule has 3 unspecified atom stereocenters. The summed E-state index contributed by atoms with van der Waals surface area (Å²) >= 11 is 1.97. The Labute approximate surface area is 120 Å². The number of hydrogen-bond acceptors (Lipinski definition) is 3. The Balaban J connectivity index is 1.73. The SMILES string of the molecule is OCC1CCCCC1NC1CCSc2ccccc21. The first-order chi connectivity index (χ1) is 9.38. The maximum absolute atomic E-state index is 9.54. The molecule has 2 nitrogen and oxygen atoms in total. The average Bonchev–Trinajstić information content (AvgIpc) is 2.48. The van der Waals surface area contributed by atoms with Crippen LogP contribution in [0, 0.1) is 5.92 Å². The number of fused-ring (bicyclic) bond motifs is 1. The van der Waals surface area contributed by atoms with E-state index in [1.807, 2.05) is 11.8 Å². The second-order valence-electron chi connectivity index (χ2n) is 5.73. The van der Waals surface area contributed by atoms with E-state index < -0.39 is 0 Å². The molecule has 3 rings (SSSR count). The van der Waals surface area contributed by atoms with Crippen molar-refractivity contribution in [1.82, 2.24) is 5.32 Å². The van der Waals surface area contributed by atoms with Gasteiger partial charge >= 0.3 is 0 Å². The Bertz CT molecular complexity index is 423. The lowest BCUT2D eigenvalue weighted by molar-refractivity contribution is 0.145. The van der Waals surface area contributed by atoms with Crippen molar-refractivity contribution in [2.75, 3.05) is 12.4 Å². The van der Waals surface area contributed by atoms with Crippen molar-refractivity contribution in [3.05, 3.63) is 29.8 Å². The number of benzene rings is 1. The second-order valence-corrected chi connectivity index (χ2v) is 6.86. The molecule has 1 aromatic carbocycles. The van der Waals surface area contributed by atoms with Crippen LogP contribution in [0.5, 0.6) is 0 Å². The summed E-state index contributed by atoms with van der Waals surface area (Å²) in [5, 5.41) is 13.4. The number of hydrogen-bond donors (Lipinski definition) is 2. The number of aliphatic hydroxyl groups is 1. The van der Waals surface area contributed by atoms with Crippen LogP contribution in [0.25, 0.3) is 0 Å². The smallest absolute Gasteiger partial charge is 0.0474 e. The monoisotopic (exact) mass is 277 g/mol. The standard InChI is InChI=1S/C16H23NOS/c18-11-12-5-1-3-7-14(12)17-15-9-10-19-16-8-4-2-6-13(15)16/h2,4,6,8,12,14-15,17-18H,1,3,5,7,9-11H2. The highest BCUT2D eigenvalue weighted by molar-refractivity contribution is 7.99. The number of thioether (sulfide) groups is 1. The van der Waals surface area contributed by atoms with Crippen LogP contribution in [0.15, 0.2) is 29.2 Å². The van der Waals surface area contributed by atoms with Crippen LogP contribution in [-0.2, 0) is 0 Å². The summed E-state index contributed by atoms with van der Waals surface area (Å²) in [4.78, 5) is 1.43. The van der Waals surface area contributed by atoms with E-state index in [2.05, 4.69) is 29.6 Å². The maximum Gasteiger partial charge on any atom is 0.0474 e. The molecule has 1 saturated carbocycles. The zero-order valence-corrected chi connectivity index (χ0v) is 12.2. The topological polar surface area (TPSA) is 32.3 Å². The highest BCUT2D eigenvalue weighted by atomic mass is 32.2. The summed E-state index contributed by atoms with van der Waals surface area (Å²) in [6, 6.07) is 9.75. The van der Waals surface area contributed by atoms with Gasteiger partial charge in [0, 0.05) is 23.6 Å². The summed E-state index contributed by atoms with van der Waals surface area (Å²) in [5.41, 5.74) is 1.46. The van der Waals surface area contributed by atoms with Crippen LogP contribution in [0.3, 0.4) is 0 Å². The summed E-state index contributed by atoms with van der Waals surface area (Å²) in [7, 11) is 0. The molecule has 0 bridgehead atoms. The van der Waals surface area contributed by atoms with Gasteiger partial charge in [-0.2, -0.15) is 0 Å². The van der Waals surface area contributed by atoms with Gasteiger partial charge in [-0.25, -0.2) is 0 Å². The minimum absolute atomic E-state index is 0.334. The molecule has 19 heavy (non-hydrogen) atoms.